The highest BCUT2D eigenvalue weighted by Gasteiger charge is 2.20. The monoisotopic (exact) mass is 569 g/mol. The van der Waals surface area contributed by atoms with Crippen LogP contribution in [0.5, 0.6) is 28.7 Å². The van der Waals surface area contributed by atoms with Crippen LogP contribution in [0.3, 0.4) is 0 Å². The zero-order valence-electron chi connectivity index (χ0n) is 24.3. The number of ether oxygens (including phenoxy) is 4. The lowest BCUT2D eigenvalue weighted by molar-refractivity contribution is 0.0692. The Labute approximate surface area is 246 Å². The Morgan fingerprint density at radius 2 is 1.38 bits per heavy atom. The first-order chi connectivity index (χ1) is 20.3. The van der Waals surface area contributed by atoms with E-state index in [1.165, 1.54) is 18.7 Å². The van der Waals surface area contributed by atoms with Crippen molar-refractivity contribution in [1.29, 1.82) is 0 Å². The molecule has 42 heavy (non-hydrogen) atoms. The number of carboxylic acid groups (broad SMARTS) is 1. The summed E-state index contributed by atoms with van der Waals surface area (Å²) in [7, 11) is 4.62. The van der Waals surface area contributed by atoms with Gasteiger partial charge in [0, 0.05) is 24.2 Å². The number of hydrogen-bond acceptors (Lipinski definition) is 6. The van der Waals surface area contributed by atoms with E-state index in [2.05, 4.69) is 12.1 Å². The summed E-state index contributed by atoms with van der Waals surface area (Å²) in [6, 6.07) is 25.5. The predicted molar refractivity (Wildman–Crippen MR) is 160 cm³/mol. The molecule has 8 nitrogen and oxygen atoms in total. The number of carbonyl (C=O) groups is 2. The number of hydrogen-bond donors (Lipinski definition) is 1. The molecule has 1 N–H and O–H groups in total. The molecule has 0 aromatic heterocycles. The molecule has 4 rings (SSSR count). The number of carbonyl (C=O) groups excluding carboxylic acids is 1. The van der Waals surface area contributed by atoms with Crippen molar-refractivity contribution in [3.8, 4) is 28.7 Å². The second-order valence-corrected chi connectivity index (χ2v) is 9.73. The normalized spacial score (nSPS) is 10.6. The van der Waals surface area contributed by atoms with Gasteiger partial charge in [0.15, 0.2) is 0 Å². The molecule has 1 amide bonds. The molecular formula is C34H35NO7. The van der Waals surface area contributed by atoms with Crippen LogP contribution in [0.2, 0.25) is 0 Å². The van der Waals surface area contributed by atoms with E-state index in [9.17, 15) is 14.7 Å². The Morgan fingerprint density at radius 1 is 0.738 bits per heavy atom. The van der Waals surface area contributed by atoms with Crippen LogP contribution >= 0.6 is 0 Å². The van der Waals surface area contributed by atoms with Gasteiger partial charge in [-0.05, 0) is 73.4 Å². The van der Waals surface area contributed by atoms with E-state index in [4.69, 9.17) is 18.9 Å². The highest BCUT2D eigenvalue weighted by molar-refractivity contribution is 5.95. The van der Waals surface area contributed by atoms with Crippen molar-refractivity contribution in [1.82, 2.24) is 4.90 Å². The number of nitrogens with zero attached hydrogens (tertiary/aromatic N) is 1. The fourth-order valence-corrected chi connectivity index (χ4v) is 4.67. The molecule has 0 atom stereocenters. The zero-order chi connectivity index (χ0) is 30.1. The Kier molecular flexibility index (Phi) is 10.1. The Hall–Kier alpha value is -4.98. The maximum Gasteiger partial charge on any atom is 0.339 e. The van der Waals surface area contributed by atoms with Gasteiger partial charge in [0.2, 0.25) is 0 Å². The maximum absolute atomic E-state index is 13.8. The molecule has 0 aliphatic rings. The second-order valence-electron chi connectivity index (χ2n) is 9.73. The van der Waals surface area contributed by atoms with Crippen LogP contribution in [0, 0.1) is 6.92 Å². The minimum Gasteiger partial charge on any atom is -0.497 e. The molecule has 0 fully saturated rings. The van der Waals surface area contributed by atoms with E-state index >= 15 is 0 Å². The third kappa shape index (κ3) is 7.40. The molecule has 0 bridgehead atoms. The summed E-state index contributed by atoms with van der Waals surface area (Å²) in [5.41, 5.74) is 3.41. The van der Waals surface area contributed by atoms with Crippen molar-refractivity contribution in [3.63, 3.8) is 0 Å². The van der Waals surface area contributed by atoms with Crippen LogP contribution in [-0.4, -0.2) is 49.8 Å². The van der Waals surface area contributed by atoms with Gasteiger partial charge in [0.1, 0.15) is 34.3 Å². The lowest BCUT2D eigenvalue weighted by Crippen LogP contribution is -2.32. The molecule has 4 aromatic rings. The third-order valence-electron chi connectivity index (χ3n) is 6.96. The highest BCUT2D eigenvalue weighted by Crippen LogP contribution is 2.31. The van der Waals surface area contributed by atoms with Gasteiger partial charge in [-0.2, -0.15) is 0 Å². The summed E-state index contributed by atoms with van der Waals surface area (Å²) in [4.78, 5) is 27.4. The van der Waals surface area contributed by atoms with Gasteiger partial charge >= 0.3 is 5.97 Å². The largest absolute Gasteiger partial charge is 0.497 e. The minimum atomic E-state index is -1.12. The van der Waals surface area contributed by atoms with Crippen LogP contribution in [-0.2, 0) is 13.0 Å². The van der Waals surface area contributed by atoms with Crippen molar-refractivity contribution in [2.75, 3.05) is 27.9 Å². The first kappa shape index (κ1) is 30.0. The molecule has 0 heterocycles. The van der Waals surface area contributed by atoms with Crippen LogP contribution in [0.15, 0.2) is 84.9 Å². The highest BCUT2D eigenvalue weighted by atomic mass is 16.5. The number of aromatic carboxylic acids is 1. The van der Waals surface area contributed by atoms with E-state index < -0.39 is 5.97 Å². The van der Waals surface area contributed by atoms with Crippen LogP contribution < -0.4 is 18.9 Å². The average molecular weight is 570 g/mol. The molecule has 218 valence electrons. The van der Waals surface area contributed by atoms with E-state index in [0.29, 0.717) is 41.7 Å². The molecule has 0 saturated carbocycles. The lowest BCUT2D eigenvalue weighted by Gasteiger charge is -2.24. The maximum atomic E-state index is 13.8. The topological polar surface area (TPSA) is 94.5 Å². The van der Waals surface area contributed by atoms with E-state index in [1.807, 2.05) is 42.2 Å². The summed E-state index contributed by atoms with van der Waals surface area (Å²) in [5, 5.41) is 9.59. The molecule has 0 radical (unpaired) electrons. The van der Waals surface area contributed by atoms with Gasteiger partial charge in [-0.15, -0.1) is 0 Å². The fraction of sp³-hybridized carbons (Fsp3) is 0.235. The summed E-state index contributed by atoms with van der Waals surface area (Å²) in [6.07, 6.45) is 1.62. The summed E-state index contributed by atoms with van der Waals surface area (Å²) in [5.74, 6) is 1.03. The first-order valence-electron chi connectivity index (χ1n) is 13.6. The summed E-state index contributed by atoms with van der Waals surface area (Å²) in [6.45, 7) is 2.80. The summed E-state index contributed by atoms with van der Waals surface area (Å²) >= 11 is 0. The SMILES string of the molecule is COc1ccc(Oc2ccc(CN(CCCc3ccccc3)C(=O)c3cc(OC)c(C)c(OC)c3)cc2)c(C(=O)O)c1. The zero-order valence-corrected chi connectivity index (χ0v) is 24.3. The van der Waals surface area contributed by atoms with Gasteiger partial charge in [-0.25, -0.2) is 4.79 Å². The Morgan fingerprint density at radius 3 is 1.98 bits per heavy atom. The molecule has 0 saturated heterocycles. The second kappa shape index (κ2) is 14.1. The number of aryl methyl sites for hydroxylation is 1. The first-order valence-corrected chi connectivity index (χ1v) is 13.6. The number of carboxylic acids is 1. The number of benzene rings is 4. The quantitative estimate of drug-likeness (QED) is 0.190. The van der Waals surface area contributed by atoms with Gasteiger partial charge in [-0.1, -0.05) is 42.5 Å². The van der Waals surface area contributed by atoms with Crippen LogP contribution in [0.1, 0.15) is 43.8 Å². The Balaban J connectivity index is 1.55. The number of methoxy groups -OCH3 is 3. The summed E-state index contributed by atoms with van der Waals surface area (Å²) < 4.78 is 22.0. The molecule has 4 aromatic carbocycles. The van der Waals surface area contributed by atoms with Crippen molar-refractivity contribution in [2.45, 2.75) is 26.3 Å². The van der Waals surface area contributed by atoms with Crippen molar-refractivity contribution in [2.24, 2.45) is 0 Å². The van der Waals surface area contributed by atoms with Gasteiger partial charge in [-0.3, -0.25) is 4.79 Å². The number of rotatable bonds is 13. The lowest BCUT2D eigenvalue weighted by atomic mass is 10.1. The van der Waals surface area contributed by atoms with Crippen molar-refractivity contribution in [3.05, 3.63) is 113 Å². The Bertz CT molecular complexity index is 1490. The van der Waals surface area contributed by atoms with Crippen LogP contribution in [0.4, 0.5) is 0 Å². The molecule has 0 spiro atoms. The molecule has 0 unspecified atom stereocenters. The molecule has 0 aliphatic carbocycles. The van der Waals surface area contributed by atoms with Crippen molar-refractivity contribution >= 4 is 11.9 Å². The van der Waals surface area contributed by atoms with Crippen molar-refractivity contribution < 1.29 is 33.6 Å². The standard InChI is InChI=1S/C34H35NO7/c1-23-31(40-3)19-26(20-32(23)41-4)33(36)35(18-8-11-24-9-6-5-7-10-24)22-25-12-14-27(15-13-25)42-30-17-16-28(39-2)21-29(30)34(37)38/h5-7,9-10,12-17,19-21H,8,11,18,22H2,1-4H3,(H,37,38). The average Bonchev–Trinajstić information content (AvgIpc) is 3.01. The van der Waals surface area contributed by atoms with Crippen LogP contribution in [0.25, 0.3) is 0 Å². The molecular weight excluding hydrogens is 534 g/mol. The smallest absolute Gasteiger partial charge is 0.339 e. The third-order valence-corrected chi connectivity index (χ3v) is 6.96. The fourth-order valence-electron chi connectivity index (χ4n) is 4.67. The van der Waals surface area contributed by atoms with Gasteiger partial charge in [0.05, 0.1) is 21.3 Å². The van der Waals surface area contributed by atoms with Gasteiger partial charge in [0.25, 0.3) is 5.91 Å². The molecule has 0 aliphatic heterocycles. The van der Waals surface area contributed by atoms with E-state index in [0.717, 1.165) is 24.0 Å². The van der Waals surface area contributed by atoms with Gasteiger partial charge < -0.3 is 29.0 Å². The minimum absolute atomic E-state index is 0.00225. The van der Waals surface area contributed by atoms with E-state index in [1.54, 1.807) is 50.6 Å². The van der Waals surface area contributed by atoms with E-state index in [-0.39, 0.29) is 17.2 Å². The predicted octanol–water partition coefficient (Wildman–Crippen LogP) is 6.79. The number of amides is 1. The molecule has 8 heteroatoms.